The Bertz CT molecular complexity index is 1240. The first-order valence-electron chi connectivity index (χ1n) is 11.6. The second kappa shape index (κ2) is 11.1. The molecule has 13 heteroatoms. The molecule has 3 heterocycles. The van der Waals surface area contributed by atoms with E-state index >= 15 is 0 Å². The Hall–Kier alpha value is -4.05. The highest BCUT2D eigenvalue weighted by molar-refractivity contribution is 5.67. The third kappa shape index (κ3) is 5.44. The molecule has 1 aromatic carbocycles. The number of likely N-dealkylation sites (tertiary alicyclic amines) is 1. The first-order chi connectivity index (χ1) is 17.4. The van der Waals surface area contributed by atoms with Gasteiger partial charge in [0.15, 0.2) is 17.4 Å². The maximum Gasteiger partial charge on any atom is 0.410 e. The summed E-state index contributed by atoms with van der Waals surface area (Å²) in [6.45, 7) is 4.62. The third-order valence-corrected chi connectivity index (χ3v) is 5.80. The molecule has 1 fully saturated rings. The van der Waals surface area contributed by atoms with Crippen molar-refractivity contribution in [2.45, 2.75) is 52.0 Å². The molecule has 1 N–H and O–H groups in total. The lowest BCUT2D eigenvalue weighted by Crippen LogP contribution is -2.40. The zero-order valence-corrected chi connectivity index (χ0v) is 20.0. The summed E-state index contributed by atoms with van der Waals surface area (Å²) in [5.74, 6) is -0.280. The molecule has 0 spiro atoms. The van der Waals surface area contributed by atoms with Crippen molar-refractivity contribution in [3.63, 3.8) is 0 Å². The number of hydrogen-bond donors (Lipinski definition) is 1. The zero-order chi connectivity index (χ0) is 25.7. The number of hydrogen-bond acceptors (Lipinski definition) is 9. The number of nitriles is 1. The predicted molar refractivity (Wildman–Crippen MR) is 123 cm³/mol. The Labute approximate surface area is 206 Å². The fourth-order valence-electron chi connectivity index (χ4n) is 4.04. The summed E-state index contributed by atoms with van der Waals surface area (Å²) in [4.78, 5) is 13.8. The van der Waals surface area contributed by atoms with E-state index in [1.165, 1.54) is 16.8 Å². The van der Waals surface area contributed by atoms with E-state index in [9.17, 15) is 14.4 Å². The van der Waals surface area contributed by atoms with Gasteiger partial charge in [-0.15, -0.1) is 5.10 Å². The van der Waals surface area contributed by atoms with Gasteiger partial charge in [0.05, 0.1) is 31.5 Å². The number of aliphatic hydroxyl groups excluding tert-OH is 1. The molecule has 0 saturated carbocycles. The molecule has 12 nitrogen and oxygen atoms in total. The van der Waals surface area contributed by atoms with E-state index < -0.39 is 5.82 Å². The number of piperidine rings is 1. The Morgan fingerprint density at radius 2 is 2.11 bits per heavy atom. The summed E-state index contributed by atoms with van der Waals surface area (Å²) in [5.41, 5.74) is 1.32. The fourth-order valence-corrected chi connectivity index (χ4v) is 4.04. The van der Waals surface area contributed by atoms with Gasteiger partial charge in [-0.3, -0.25) is 4.68 Å². The molecule has 0 aliphatic carbocycles. The number of rotatable bonds is 8. The standard InChI is InChI=1S/C23H27FN8O4/c1-15(2)36-23(34)30-7-5-18(6-8-30)32-20(12-25)17(13-26-32)14-35-21-4-3-16(11-19(21)24)22-27-28-29-31(22)9-10-33/h3-4,11,13,15,18,33H,5-10,14H2,1-2H3. The zero-order valence-electron chi connectivity index (χ0n) is 20.0. The van der Waals surface area contributed by atoms with Gasteiger partial charge in [0.25, 0.3) is 0 Å². The van der Waals surface area contributed by atoms with Crippen molar-refractivity contribution in [3.8, 4) is 23.2 Å². The van der Waals surface area contributed by atoms with Gasteiger partial charge < -0.3 is 19.5 Å². The lowest BCUT2D eigenvalue weighted by atomic mass is 10.1. The maximum atomic E-state index is 14.7. The summed E-state index contributed by atoms with van der Waals surface area (Å²) in [6, 6.07) is 6.46. The largest absolute Gasteiger partial charge is 0.486 e. The van der Waals surface area contributed by atoms with Gasteiger partial charge >= 0.3 is 6.09 Å². The van der Waals surface area contributed by atoms with Crippen LogP contribution in [0.25, 0.3) is 11.4 Å². The Morgan fingerprint density at radius 1 is 1.33 bits per heavy atom. The monoisotopic (exact) mass is 498 g/mol. The van der Waals surface area contributed by atoms with Crippen LogP contribution in [0.3, 0.4) is 0 Å². The maximum absolute atomic E-state index is 14.7. The highest BCUT2D eigenvalue weighted by Crippen LogP contribution is 2.27. The first kappa shape index (κ1) is 25.1. The molecule has 1 aliphatic heterocycles. The molecule has 0 bridgehead atoms. The molecule has 2 aromatic heterocycles. The number of tetrazole rings is 1. The van der Waals surface area contributed by atoms with Crippen molar-refractivity contribution in [3.05, 3.63) is 41.5 Å². The molecular weight excluding hydrogens is 471 g/mol. The van der Waals surface area contributed by atoms with Gasteiger partial charge in [-0.1, -0.05) is 0 Å². The van der Waals surface area contributed by atoms with Crippen LogP contribution in [0.4, 0.5) is 9.18 Å². The number of ether oxygens (including phenoxy) is 2. The molecule has 0 atom stereocenters. The van der Waals surface area contributed by atoms with Gasteiger partial charge in [0.1, 0.15) is 18.4 Å². The van der Waals surface area contributed by atoms with Crippen molar-refractivity contribution in [2.24, 2.45) is 0 Å². The average molecular weight is 499 g/mol. The lowest BCUT2D eigenvalue weighted by molar-refractivity contribution is 0.0652. The van der Waals surface area contributed by atoms with Crippen LogP contribution in [0.5, 0.6) is 5.75 Å². The number of benzene rings is 1. The molecule has 0 radical (unpaired) electrons. The first-order valence-corrected chi connectivity index (χ1v) is 11.6. The van der Waals surface area contributed by atoms with E-state index in [1.807, 2.05) is 0 Å². The van der Waals surface area contributed by atoms with E-state index in [0.29, 0.717) is 48.6 Å². The number of amides is 1. The molecule has 36 heavy (non-hydrogen) atoms. The van der Waals surface area contributed by atoms with E-state index in [4.69, 9.17) is 14.6 Å². The van der Waals surface area contributed by atoms with Gasteiger partial charge in [0.2, 0.25) is 0 Å². The molecule has 0 unspecified atom stereocenters. The highest BCUT2D eigenvalue weighted by atomic mass is 19.1. The van der Waals surface area contributed by atoms with E-state index in [1.54, 1.807) is 35.7 Å². The fraction of sp³-hybridized carbons (Fsp3) is 0.478. The summed E-state index contributed by atoms with van der Waals surface area (Å²) >= 11 is 0. The van der Waals surface area contributed by atoms with Crippen LogP contribution in [-0.2, 0) is 17.9 Å². The number of aliphatic hydroxyl groups is 1. The van der Waals surface area contributed by atoms with Crippen LogP contribution < -0.4 is 4.74 Å². The van der Waals surface area contributed by atoms with Crippen LogP contribution in [-0.4, -0.2) is 71.9 Å². The number of carbonyl (C=O) groups excluding carboxylic acids is 1. The number of carbonyl (C=O) groups is 1. The minimum absolute atomic E-state index is 0.00791. The van der Waals surface area contributed by atoms with Gasteiger partial charge in [-0.25, -0.2) is 13.9 Å². The molecule has 1 amide bonds. The predicted octanol–water partition coefficient (Wildman–Crippen LogP) is 2.30. The van der Waals surface area contributed by atoms with Crippen LogP contribution >= 0.6 is 0 Å². The highest BCUT2D eigenvalue weighted by Gasteiger charge is 2.28. The van der Waals surface area contributed by atoms with Gasteiger partial charge in [0, 0.05) is 24.2 Å². The van der Waals surface area contributed by atoms with Crippen molar-refractivity contribution in [1.82, 2.24) is 34.9 Å². The summed E-state index contributed by atoms with van der Waals surface area (Å²) in [6.07, 6.45) is 2.30. The van der Waals surface area contributed by atoms with Crippen molar-refractivity contribution < 1.29 is 23.8 Å². The molecule has 1 saturated heterocycles. The SMILES string of the molecule is CC(C)OC(=O)N1CCC(n2ncc(COc3ccc(-c4nnnn4CCO)cc3F)c2C#N)CC1. The molecular formula is C23H27FN8O4. The van der Waals surface area contributed by atoms with Crippen LogP contribution in [0, 0.1) is 17.1 Å². The van der Waals surface area contributed by atoms with E-state index in [0.717, 1.165) is 0 Å². The second-order valence-corrected chi connectivity index (χ2v) is 8.61. The van der Waals surface area contributed by atoms with Gasteiger partial charge in [-0.05, 0) is 55.3 Å². The van der Waals surface area contributed by atoms with E-state index in [-0.39, 0.29) is 43.7 Å². The quantitative estimate of drug-likeness (QED) is 0.494. The molecule has 1 aliphatic rings. The van der Waals surface area contributed by atoms with Gasteiger partial charge in [-0.2, -0.15) is 10.4 Å². The minimum Gasteiger partial charge on any atom is -0.486 e. The summed E-state index contributed by atoms with van der Waals surface area (Å²) < 4.78 is 28.7. The number of nitrogens with zero attached hydrogens (tertiary/aromatic N) is 8. The van der Waals surface area contributed by atoms with Crippen molar-refractivity contribution in [1.29, 1.82) is 5.26 Å². The van der Waals surface area contributed by atoms with Crippen molar-refractivity contribution in [2.75, 3.05) is 19.7 Å². The molecule has 4 rings (SSSR count). The van der Waals surface area contributed by atoms with Crippen molar-refractivity contribution >= 4 is 6.09 Å². The van der Waals surface area contributed by atoms with Crippen LogP contribution in [0.2, 0.25) is 0 Å². The summed E-state index contributed by atoms with van der Waals surface area (Å²) in [7, 11) is 0. The Kier molecular flexibility index (Phi) is 7.74. The second-order valence-electron chi connectivity index (χ2n) is 8.61. The Morgan fingerprint density at radius 3 is 2.78 bits per heavy atom. The lowest BCUT2D eigenvalue weighted by Gasteiger charge is -2.32. The van der Waals surface area contributed by atoms with E-state index in [2.05, 4.69) is 26.7 Å². The third-order valence-electron chi connectivity index (χ3n) is 5.80. The number of aromatic nitrogens is 6. The number of halogens is 1. The average Bonchev–Trinajstić information content (AvgIpc) is 3.50. The normalized spacial score (nSPS) is 14.2. The topological polar surface area (TPSA) is 144 Å². The molecule has 190 valence electrons. The van der Waals surface area contributed by atoms with Crippen LogP contribution in [0.15, 0.2) is 24.4 Å². The Balaban J connectivity index is 1.40. The van der Waals surface area contributed by atoms with Crippen LogP contribution in [0.1, 0.15) is 44.0 Å². The molecule has 3 aromatic rings. The smallest absolute Gasteiger partial charge is 0.410 e. The minimum atomic E-state index is -0.613. The summed E-state index contributed by atoms with van der Waals surface area (Å²) in [5, 5.41) is 34.5.